The van der Waals surface area contributed by atoms with E-state index in [1.807, 2.05) is 25.2 Å². The molecule has 2 fully saturated rings. The number of benzene rings is 2. The normalized spacial score (nSPS) is 25.3. The number of hydrogen-bond acceptors (Lipinski definition) is 4. The van der Waals surface area contributed by atoms with Crippen LogP contribution in [0.5, 0.6) is 0 Å². The van der Waals surface area contributed by atoms with Crippen molar-refractivity contribution in [1.82, 2.24) is 20.2 Å². The van der Waals surface area contributed by atoms with Crippen LogP contribution in [-0.2, 0) is 5.41 Å². The third kappa shape index (κ3) is 2.43. The summed E-state index contributed by atoms with van der Waals surface area (Å²) in [6, 6.07) is 12.9. The highest BCUT2D eigenvalue weighted by Crippen LogP contribution is 2.55. The second-order valence-electron chi connectivity index (χ2n) is 8.99. The number of aromatic nitrogens is 2. The Bertz CT molecular complexity index is 1220. The Kier molecular flexibility index (Phi) is 4.11. The summed E-state index contributed by atoms with van der Waals surface area (Å²) in [6.45, 7) is 2.13. The van der Waals surface area contributed by atoms with E-state index in [-0.39, 0.29) is 11.0 Å². The minimum atomic E-state index is -0.206. The Morgan fingerprint density at radius 1 is 1.20 bits per heavy atom. The van der Waals surface area contributed by atoms with Gasteiger partial charge in [-0.2, -0.15) is 4.98 Å². The molecule has 1 aromatic heterocycles. The number of para-hydroxylation sites is 1. The van der Waals surface area contributed by atoms with Crippen LogP contribution in [0, 0.1) is 0 Å². The molecule has 6 heteroatoms. The highest BCUT2D eigenvalue weighted by atomic mass is 35.5. The number of halogens is 1. The van der Waals surface area contributed by atoms with Crippen LogP contribution < -0.4 is 16.2 Å². The first-order valence-electron chi connectivity index (χ1n) is 10.9. The summed E-state index contributed by atoms with van der Waals surface area (Å²) < 4.78 is 2.19. The van der Waals surface area contributed by atoms with Crippen molar-refractivity contribution in [3.8, 4) is 5.69 Å². The SMILES string of the molecule is CNC1CC2(C1)c1ccc(C3CCNCC3)cc1-n1c2nc(=O)c2cccc(Cl)c21. The molecule has 1 saturated heterocycles. The van der Waals surface area contributed by atoms with Gasteiger partial charge in [0.05, 0.1) is 27.0 Å². The van der Waals surface area contributed by atoms with E-state index in [0.29, 0.717) is 22.4 Å². The molecule has 2 N–H and O–H groups in total. The van der Waals surface area contributed by atoms with Crippen molar-refractivity contribution in [2.24, 2.45) is 0 Å². The first kappa shape index (κ1) is 18.6. The first-order chi connectivity index (χ1) is 14.6. The van der Waals surface area contributed by atoms with E-state index in [1.165, 1.54) is 11.1 Å². The molecule has 2 aromatic carbocycles. The van der Waals surface area contributed by atoms with Crippen molar-refractivity contribution in [3.05, 3.63) is 68.7 Å². The molecule has 0 radical (unpaired) electrons. The van der Waals surface area contributed by atoms with Crippen LogP contribution >= 0.6 is 11.6 Å². The molecule has 5 nitrogen and oxygen atoms in total. The quantitative estimate of drug-likeness (QED) is 0.666. The molecule has 0 amide bonds. The number of hydrogen-bond donors (Lipinski definition) is 2. The topological polar surface area (TPSA) is 58.9 Å². The molecule has 0 unspecified atom stereocenters. The van der Waals surface area contributed by atoms with E-state index in [1.54, 1.807) is 0 Å². The van der Waals surface area contributed by atoms with E-state index < -0.39 is 0 Å². The van der Waals surface area contributed by atoms with Crippen molar-refractivity contribution in [2.45, 2.75) is 43.1 Å². The van der Waals surface area contributed by atoms with Crippen LogP contribution in [0.2, 0.25) is 5.02 Å². The van der Waals surface area contributed by atoms with Gasteiger partial charge in [-0.3, -0.25) is 9.36 Å². The fourth-order valence-corrected chi connectivity index (χ4v) is 6.10. The van der Waals surface area contributed by atoms with Gasteiger partial charge < -0.3 is 10.6 Å². The molecule has 2 aliphatic heterocycles. The third-order valence-corrected chi connectivity index (χ3v) is 7.78. The van der Waals surface area contributed by atoms with Gasteiger partial charge in [0.1, 0.15) is 5.82 Å². The van der Waals surface area contributed by atoms with Gasteiger partial charge in [0.2, 0.25) is 0 Å². The molecule has 6 rings (SSSR count). The smallest absolute Gasteiger partial charge is 0.280 e. The molecule has 154 valence electrons. The maximum Gasteiger partial charge on any atom is 0.280 e. The minimum Gasteiger partial charge on any atom is -0.317 e. The summed E-state index contributed by atoms with van der Waals surface area (Å²) in [7, 11) is 2.01. The van der Waals surface area contributed by atoms with Gasteiger partial charge in [-0.25, -0.2) is 0 Å². The second kappa shape index (κ2) is 6.64. The van der Waals surface area contributed by atoms with Crippen molar-refractivity contribution >= 4 is 22.5 Å². The van der Waals surface area contributed by atoms with E-state index in [4.69, 9.17) is 11.6 Å². The lowest BCUT2D eigenvalue weighted by molar-refractivity contribution is 0.217. The lowest BCUT2D eigenvalue weighted by atomic mass is 9.61. The fourth-order valence-electron chi connectivity index (χ4n) is 5.84. The summed E-state index contributed by atoms with van der Waals surface area (Å²) in [5, 5.41) is 8.04. The van der Waals surface area contributed by atoms with Gasteiger partial charge in [-0.15, -0.1) is 0 Å². The van der Waals surface area contributed by atoms with Gasteiger partial charge in [0.15, 0.2) is 0 Å². The molecule has 1 aliphatic carbocycles. The molecule has 3 aromatic rings. The fraction of sp³-hybridized carbons (Fsp3) is 0.417. The van der Waals surface area contributed by atoms with Gasteiger partial charge in [-0.1, -0.05) is 29.8 Å². The maximum atomic E-state index is 12.9. The molecular weight excluding hydrogens is 396 g/mol. The van der Waals surface area contributed by atoms with E-state index in [9.17, 15) is 4.79 Å². The molecule has 0 atom stereocenters. The lowest BCUT2D eigenvalue weighted by Crippen LogP contribution is -2.51. The van der Waals surface area contributed by atoms with Crippen LogP contribution in [0.1, 0.15) is 48.6 Å². The van der Waals surface area contributed by atoms with Gasteiger partial charge in [0, 0.05) is 6.04 Å². The second-order valence-corrected chi connectivity index (χ2v) is 9.40. The van der Waals surface area contributed by atoms with Crippen molar-refractivity contribution in [2.75, 3.05) is 20.1 Å². The largest absolute Gasteiger partial charge is 0.317 e. The van der Waals surface area contributed by atoms with Crippen LogP contribution in [0.15, 0.2) is 41.2 Å². The Morgan fingerprint density at radius 2 is 2.00 bits per heavy atom. The lowest BCUT2D eigenvalue weighted by Gasteiger charge is -2.45. The molecular formula is C24H25ClN4O. The average Bonchev–Trinajstić information content (AvgIpc) is 3.03. The zero-order valence-corrected chi connectivity index (χ0v) is 17.8. The number of nitrogens with zero attached hydrogens (tertiary/aromatic N) is 2. The number of piperidine rings is 1. The molecule has 1 saturated carbocycles. The average molecular weight is 421 g/mol. The minimum absolute atomic E-state index is 0.183. The Morgan fingerprint density at radius 3 is 2.77 bits per heavy atom. The molecule has 30 heavy (non-hydrogen) atoms. The summed E-state index contributed by atoms with van der Waals surface area (Å²) in [5.41, 5.74) is 4.22. The number of rotatable bonds is 2. The molecule has 1 spiro atoms. The Balaban J connectivity index is 1.63. The predicted octanol–water partition coefficient (Wildman–Crippen LogP) is 3.49. The van der Waals surface area contributed by atoms with Crippen LogP contribution in [0.3, 0.4) is 0 Å². The van der Waals surface area contributed by atoms with Crippen LogP contribution in [0.4, 0.5) is 0 Å². The highest BCUT2D eigenvalue weighted by molar-refractivity contribution is 6.35. The number of fused-ring (bicyclic) bond motifs is 7. The highest BCUT2D eigenvalue weighted by Gasteiger charge is 2.54. The van der Waals surface area contributed by atoms with Crippen LogP contribution in [0.25, 0.3) is 16.6 Å². The predicted molar refractivity (Wildman–Crippen MR) is 120 cm³/mol. The van der Waals surface area contributed by atoms with E-state index in [2.05, 4.69) is 38.4 Å². The van der Waals surface area contributed by atoms with E-state index >= 15 is 0 Å². The first-order valence-corrected chi connectivity index (χ1v) is 11.2. The van der Waals surface area contributed by atoms with E-state index in [0.717, 1.165) is 55.8 Å². The van der Waals surface area contributed by atoms with Gasteiger partial charge >= 0.3 is 0 Å². The zero-order chi connectivity index (χ0) is 20.5. The number of nitrogens with one attached hydrogen (secondary N) is 2. The summed E-state index contributed by atoms with van der Waals surface area (Å²) >= 11 is 6.67. The van der Waals surface area contributed by atoms with Crippen molar-refractivity contribution < 1.29 is 0 Å². The molecule has 0 bridgehead atoms. The van der Waals surface area contributed by atoms with Crippen LogP contribution in [-0.4, -0.2) is 35.7 Å². The monoisotopic (exact) mass is 420 g/mol. The maximum absolute atomic E-state index is 12.9. The molecule has 3 heterocycles. The van der Waals surface area contributed by atoms with Crippen molar-refractivity contribution in [1.29, 1.82) is 0 Å². The summed E-state index contributed by atoms with van der Waals surface area (Å²) in [5.74, 6) is 1.43. The Hall–Kier alpha value is -2.21. The Labute approximate surface area is 180 Å². The zero-order valence-electron chi connectivity index (χ0n) is 17.0. The summed E-state index contributed by atoms with van der Waals surface area (Å²) in [4.78, 5) is 17.6. The third-order valence-electron chi connectivity index (χ3n) is 7.47. The standard InChI is InChI=1S/C24H25ClN4O/c1-26-16-12-24(13-16)18-6-5-15(14-7-9-27-10-8-14)11-20(18)29-21-17(3-2-4-19(21)25)22(30)28-23(24)29/h2-6,11,14,16,26-27H,7-10,12-13H2,1H3. The van der Waals surface area contributed by atoms with Crippen molar-refractivity contribution in [3.63, 3.8) is 0 Å². The molecule has 3 aliphatic rings. The van der Waals surface area contributed by atoms with Gasteiger partial charge in [0.25, 0.3) is 5.56 Å². The van der Waals surface area contributed by atoms with Gasteiger partial charge in [-0.05, 0) is 81.1 Å². The summed E-state index contributed by atoms with van der Waals surface area (Å²) in [6.07, 6.45) is 4.21.